The Morgan fingerprint density at radius 3 is 2.62 bits per heavy atom. The zero-order chi connectivity index (χ0) is 12.3. The highest BCUT2D eigenvalue weighted by molar-refractivity contribution is 8.13. The molecule has 90 valence electrons. The molecule has 1 amide bonds. The molecule has 0 aliphatic heterocycles. The van der Waals surface area contributed by atoms with Crippen LogP contribution in [0.25, 0.3) is 0 Å². The summed E-state index contributed by atoms with van der Waals surface area (Å²) in [5.41, 5.74) is -0.153. The van der Waals surface area contributed by atoms with E-state index in [2.05, 4.69) is 4.98 Å². The Bertz CT molecular complexity index is 486. The SMILES string of the molecule is O=C(NCC(F)F)c1cc(S(=O)(=O)Cl)c[nH]1. The first-order valence-corrected chi connectivity index (χ1v) is 6.31. The highest BCUT2D eigenvalue weighted by atomic mass is 35.7. The Kier molecular flexibility index (Phi) is 3.87. The fourth-order valence-electron chi connectivity index (χ4n) is 0.911. The van der Waals surface area contributed by atoms with Crippen molar-refractivity contribution in [2.24, 2.45) is 0 Å². The molecule has 1 aromatic heterocycles. The van der Waals surface area contributed by atoms with Gasteiger partial charge in [-0.15, -0.1) is 0 Å². The second-order valence-corrected chi connectivity index (χ2v) is 5.35. The molecule has 1 heterocycles. The van der Waals surface area contributed by atoms with Gasteiger partial charge in [-0.1, -0.05) is 0 Å². The normalized spacial score (nSPS) is 11.8. The highest BCUT2D eigenvalue weighted by Crippen LogP contribution is 2.15. The third-order valence-electron chi connectivity index (χ3n) is 1.60. The van der Waals surface area contributed by atoms with E-state index in [9.17, 15) is 22.0 Å². The Hall–Kier alpha value is -1.15. The second-order valence-electron chi connectivity index (χ2n) is 2.79. The number of halogens is 3. The Balaban J connectivity index is 2.75. The quantitative estimate of drug-likeness (QED) is 0.801. The summed E-state index contributed by atoms with van der Waals surface area (Å²) in [7, 11) is 1.07. The largest absolute Gasteiger partial charge is 0.356 e. The summed E-state index contributed by atoms with van der Waals surface area (Å²) in [5.74, 6) is -0.827. The van der Waals surface area contributed by atoms with Gasteiger partial charge in [-0.3, -0.25) is 4.79 Å². The van der Waals surface area contributed by atoms with Gasteiger partial charge in [0.05, 0.1) is 6.54 Å². The molecule has 0 unspecified atom stereocenters. The lowest BCUT2D eigenvalue weighted by Gasteiger charge is -2.01. The molecule has 0 spiro atoms. The van der Waals surface area contributed by atoms with E-state index >= 15 is 0 Å². The number of hydrogen-bond acceptors (Lipinski definition) is 3. The van der Waals surface area contributed by atoms with Gasteiger partial charge in [0, 0.05) is 16.9 Å². The molecular weight excluding hydrogens is 266 g/mol. The van der Waals surface area contributed by atoms with Crippen LogP contribution in [0.5, 0.6) is 0 Å². The fraction of sp³-hybridized carbons (Fsp3) is 0.286. The summed E-state index contributed by atoms with van der Waals surface area (Å²) in [6, 6.07) is 0.961. The van der Waals surface area contributed by atoms with E-state index in [1.807, 2.05) is 5.32 Å². The van der Waals surface area contributed by atoms with Crippen molar-refractivity contribution in [2.45, 2.75) is 11.3 Å². The number of aromatic amines is 1. The van der Waals surface area contributed by atoms with E-state index in [0.29, 0.717) is 0 Å². The van der Waals surface area contributed by atoms with Crippen LogP contribution in [-0.4, -0.2) is 32.3 Å². The van der Waals surface area contributed by atoms with Crippen LogP contribution in [0, 0.1) is 0 Å². The lowest BCUT2D eigenvalue weighted by molar-refractivity contribution is 0.0887. The minimum Gasteiger partial charge on any atom is -0.356 e. The van der Waals surface area contributed by atoms with E-state index in [4.69, 9.17) is 10.7 Å². The lowest BCUT2D eigenvalue weighted by atomic mass is 10.4. The minimum absolute atomic E-state index is 0.153. The number of alkyl halides is 2. The van der Waals surface area contributed by atoms with Crippen molar-refractivity contribution in [1.82, 2.24) is 10.3 Å². The van der Waals surface area contributed by atoms with Gasteiger partial charge < -0.3 is 10.3 Å². The standard InChI is InChI=1S/C7H7ClF2N2O3S/c8-16(14,15)4-1-5(11-2-4)7(13)12-3-6(9)10/h1-2,6,11H,3H2,(H,12,13). The Labute approximate surface area is 94.2 Å². The van der Waals surface area contributed by atoms with Crippen LogP contribution in [0.3, 0.4) is 0 Å². The molecule has 0 fully saturated rings. The molecule has 0 saturated carbocycles. The van der Waals surface area contributed by atoms with E-state index < -0.39 is 27.9 Å². The van der Waals surface area contributed by atoms with Gasteiger partial charge in [-0.05, 0) is 6.07 Å². The molecule has 0 atom stereocenters. The van der Waals surface area contributed by atoms with Crippen LogP contribution in [0.1, 0.15) is 10.5 Å². The molecule has 9 heteroatoms. The predicted molar refractivity (Wildman–Crippen MR) is 52.2 cm³/mol. The number of nitrogens with one attached hydrogen (secondary N) is 2. The molecule has 1 aromatic rings. The van der Waals surface area contributed by atoms with Gasteiger partial charge in [0.2, 0.25) is 0 Å². The van der Waals surface area contributed by atoms with E-state index in [1.54, 1.807) is 0 Å². The molecule has 1 rings (SSSR count). The zero-order valence-corrected chi connectivity index (χ0v) is 9.28. The average Bonchev–Trinajstić information content (AvgIpc) is 2.61. The molecule has 16 heavy (non-hydrogen) atoms. The van der Waals surface area contributed by atoms with Crippen LogP contribution in [0.2, 0.25) is 0 Å². The molecule has 2 N–H and O–H groups in total. The van der Waals surface area contributed by atoms with Crippen LogP contribution < -0.4 is 5.32 Å². The number of carbonyl (C=O) groups excluding carboxylic acids is 1. The third kappa shape index (κ3) is 3.46. The molecule has 0 aliphatic carbocycles. The molecule has 0 radical (unpaired) electrons. The first-order chi connectivity index (χ1) is 7.30. The summed E-state index contributed by atoms with van der Waals surface area (Å²) in [4.78, 5) is 13.2. The summed E-state index contributed by atoms with van der Waals surface area (Å²) < 4.78 is 45.2. The predicted octanol–water partition coefficient (Wildman–Crippen LogP) is 0.937. The van der Waals surface area contributed by atoms with Crippen molar-refractivity contribution in [3.8, 4) is 0 Å². The van der Waals surface area contributed by atoms with Gasteiger partial charge in [0.25, 0.3) is 21.4 Å². The first kappa shape index (κ1) is 12.9. The highest BCUT2D eigenvalue weighted by Gasteiger charge is 2.16. The maximum absolute atomic E-state index is 11.8. The molecular formula is C7H7ClF2N2O3S. The lowest BCUT2D eigenvalue weighted by Crippen LogP contribution is -2.28. The van der Waals surface area contributed by atoms with Crippen molar-refractivity contribution in [1.29, 1.82) is 0 Å². The number of hydrogen-bond donors (Lipinski definition) is 2. The maximum Gasteiger partial charge on any atom is 0.267 e. The molecule has 0 saturated heterocycles. The van der Waals surface area contributed by atoms with Crippen LogP contribution in [0.15, 0.2) is 17.2 Å². The van der Waals surface area contributed by atoms with Gasteiger partial charge in [-0.2, -0.15) is 0 Å². The number of H-pyrrole nitrogens is 1. The van der Waals surface area contributed by atoms with Crippen molar-refractivity contribution in [2.75, 3.05) is 6.54 Å². The van der Waals surface area contributed by atoms with Crippen LogP contribution in [-0.2, 0) is 9.05 Å². The topological polar surface area (TPSA) is 79.0 Å². The monoisotopic (exact) mass is 272 g/mol. The van der Waals surface area contributed by atoms with Gasteiger partial charge >= 0.3 is 0 Å². The van der Waals surface area contributed by atoms with E-state index in [0.717, 1.165) is 12.3 Å². The summed E-state index contributed by atoms with van der Waals surface area (Å²) in [5, 5.41) is 1.91. The zero-order valence-electron chi connectivity index (χ0n) is 7.71. The van der Waals surface area contributed by atoms with Gasteiger partial charge in [-0.25, -0.2) is 17.2 Å². The molecule has 5 nitrogen and oxygen atoms in total. The van der Waals surface area contributed by atoms with E-state index in [1.165, 1.54) is 0 Å². The van der Waals surface area contributed by atoms with Crippen molar-refractivity contribution in [3.63, 3.8) is 0 Å². The molecule has 0 aromatic carbocycles. The molecule has 0 aliphatic rings. The van der Waals surface area contributed by atoms with Crippen LogP contribution in [0.4, 0.5) is 8.78 Å². The number of rotatable bonds is 4. The summed E-state index contributed by atoms with van der Waals surface area (Å²) in [6.45, 7) is -0.805. The summed E-state index contributed by atoms with van der Waals surface area (Å²) >= 11 is 0. The minimum atomic E-state index is -3.93. The van der Waals surface area contributed by atoms with Crippen LogP contribution >= 0.6 is 10.7 Å². The average molecular weight is 273 g/mol. The van der Waals surface area contributed by atoms with Gasteiger partial charge in [0.1, 0.15) is 10.6 Å². The smallest absolute Gasteiger partial charge is 0.267 e. The number of amides is 1. The maximum atomic E-state index is 11.8. The summed E-state index contributed by atoms with van der Waals surface area (Å²) in [6.07, 6.45) is -1.67. The van der Waals surface area contributed by atoms with E-state index in [-0.39, 0.29) is 10.6 Å². The fourth-order valence-corrected chi connectivity index (χ4v) is 1.64. The van der Waals surface area contributed by atoms with Crippen molar-refractivity contribution in [3.05, 3.63) is 18.0 Å². The second kappa shape index (κ2) is 4.79. The van der Waals surface area contributed by atoms with Crippen molar-refractivity contribution >= 4 is 25.6 Å². The van der Waals surface area contributed by atoms with Crippen molar-refractivity contribution < 1.29 is 22.0 Å². The first-order valence-electron chi connectivity index (χ1n) is 4.00. The Morgan fingerprint density at radius 1 is 1.56 bits per heavy atom. The number of carbonyl (C=O) groups is 1. The van der Waals surface area contributed by atoms with Gasteiger partial charge in [0.15, 0.2) is 0 Å². The number of aromatic nitrogens is 1. The Morgan fingerprint density at radius 2 is 2.19 bits per heavy atom. The third-order valence-corrected chi connectivity index (χ3v) is 2.93. The molecule has 0 bridgehead atoms.